The summed E-state index contributed by atoms with van der Waals surface area (Å²) in [6.07, 6.45) is 1.87. The second kappa shape index (κ2) is 7.70. The molecule has 3 heterocycles. The number of aromatic nitrogens is 2. The van der Waals surface area contributed by atoms with Crippen LogP contribution < -0.4 is 10.6 Å². The van der Waals surface area contributed by atoms with Crippen LogP contribution in [-0.4, -0.2) is 33.0 Å². The third kappa shape index (κ3) is 4.25. The minimum atomic E-state index is -0.103. The van der Waals surface area contributed by atoms with Gasteiger partial charge in [0.05, 0.1) is 22.3 Å². The number of para-hydroxylation sites is 1. The fourth-order valence-electron chi connectivity index (χ4n) is 5.76. The van der Waals surface area contributed by atoms with Crippen LogP contribution in [-0.2, 0) is 0 Å². The van der Waals surface area contributed by atoms with Gasteiger partial charge in [-0.15, -0.1) is 0 Å². The van der Waals surface area contributed by atoms with E-state index >= 15 is 0 Å². The maximum atomic E-state index is 13.5. The smallest absolute Gasteiger partial charge is 0.270 e. The normalized spacial score (nSPS) is 18.0. The lowest BCUT2D eigenvalue weighted by Gasteiger charge is -2.43. The third-order valence-corrected chi connectivity index (χ3v) is 6.72. The number of H-pyrrole nitrogens is 1. The van der Waals surface area contributed by atoms with Gasteiger partial charge >= 0.3 is 0 Å². The number of rotatable bonds is 3. The molecule has 5 heteroatoms. The Bertz CT molecular complexity index is 1330. The van der Waals surface area contributed by atoms with Crippen molar-refractivity contribution in [2.45, 2.75) is 64.6 Å². The Morgan fingerprint density at radius 2 is 1.67 bits per heavy atom. The Morgan fingerprint density at radius 3 is 2.36 bits per heavy atom. The highest BCUT2D eigenvalue weighted by Gasteiger charge is 2.42. The molecule has 0 saturated carbocycles. The molecule has 0 unspecified atom stereocenters. The summed E-state index contributed by atoms with van der Waals surface area (Å²) in [5, 5.41) is 7.86. The van der Waals surface area contributed by atoms with E-state index in [9.17, 15) is 4.79 Å². The van der Waals surface area contributed by atoms with Gasteiger partial charge in [0.2, 0.25) is 0 Å². The Kier molecular flexibility index (Phi) is 5.05. The first-order valence-corrected chi connectivity index (χ1v) is 11.8. The van der Waals surface area contributed by atoms with Crippen molar-refractivity contribution < 1.29 is 10.1 Å². The van der Waals surface area contributed by atoms with Crippen LogP contribution in [0.25, 0.3) is 33.1 Å². The van der Waals surface area contributed by atoms with E-state index in [0.717, 1.165) is 45.9 Å². The van der Waals surface area contributed by atoms with Gasteiger partial charge in [-0.1, -0.05) is 48.0 Å². The number of nitrogens with two attached hydrogens (primary N) is 1. The SMILES string of the molecule is Cc1ccc(-c2nc(C(=O)NC3CC(C)(C)[NH2+]C(C)(C)C3)cc3c2[nH]c2ccccc23)cc1. The van der Waals surface area contributed by atoms with E-state index in [-0.39, 0.29) is 23.0 Å². The van der Waals surface area contributed by atoms with E-state index in [1.807, 2.05) is 18.2 Å². The first-order chi connectivity index (χ1) is 15.6. The van der Waals surface area contributed by atoms with Crippen LogP contribution in [0.15, 0.2) is 54.6 Å². The lowest BCUT2D eigenvalue weighted by atomic mass is 9.79. The molecule has 1 amide bonds. The van der Waals surface area contributed by atoms with Crippen LogP contribution in [0, 0.1) is 6.92 Å². The molecule has 1 fully saturated rings. The maximum Gasteiger partial charge on any atom is 0.270 e. The van der Waals surface area contributed by atoms with E-state index in [4.69, 9.17) is 4.98 Å². The lowest BCUT2D eigenvalue weighted by Crippen LogP contribution is -3.06. The number of piperidine rings is 1. The van der Waals surface area contributed by atoms with E-state index in [0.29, 0.717) is 5.69 Å². The first kappa shape index (κ1) is 21.7. The van der Waals surface area contributed by atoms with Gasteiger partial charge in [-0.05, 0) is 46.8 Å². The highest BCUT2D eigenvalue weighted by Crippen LogP contribution is 2.33. The maximum absolute atomic E-state index is 13.5. The predicted octanol–water partition coefficient (Wildman–Crippen LogP) is 4.70. The van der Waals surface area contributed by atoms with Crippen molar-refractivity contribution in [2.24, 2.45) is 0 Å². The van der Waals surface area contributed by atoms with Gasteiger partial charge in [0.1, 0.15) is 5.69 Å². The van der Waals surface area contributed by atoms with Crippen LogP contribution >= 0.6 is 0 Å². The topological polar surface area (TPSA) is 74.4 Å². The molecular formula is C28H33N4O+. The quantitative estimate of drug-likeness (QED) is 0.431. The van der Waals surface area contributed by atoms with Crippen LogP contribution in [0.4, 0.5) is 0 Å². The van der Waals surface area contributed by atoms with Crippen molar-refractivity contribution >= 4 is 27.7 Å². The average Bonchev–Trinajstić information content (AvgIpc) is 3.10. The van der Waals surface area contributed by atoms with Crippen molar-refractivity contribution in [1.29, 1.82) is 0 Å². The second-order valence-corrected chi connectivity index (χ2v) is 11.0. The number of nitrogens with zero attached hydrogens (tertiary/aromatic N) is 1. The van der Waals surface area contributed by atoms with Gasteiger partial charge in [-0.25, -0.2) is 4.98 Å². The molecule has 0 aliphatic carbocycles. The number of amides is 1. The molecule has 1 saturated heterocycles. The summed E-state index contributed by atoms with van der Waals surface area (Å²) in [6.45, 7) is 11.1. The Balaban J connectivity index is 1.59. The average molecular weight is 442 g/mol. The molecule has 2 aromatic heterocycles. The third-order valence-electron chi connectivity index (χ3n) is 6.72. The Labute approximate surface area is 195 Å². The number of hydrogen-bond acceptors (Lipinski definition) is 2. The minimum absolute atomic E-state index is 0.0843. The molecule has 5 nitrogen and oxygen atoms in total. The first-order valence-electron chi connectivity index (χ1n) is 11.8. The molecule has 2 aromatic carbocycles. The number of nitrogens with one attached hydrogen (secondary N) is 2. The zero-order chi connectivity index (χ0) is 23.4. The molecule has 0 radical (unpaired) electrons. The van der Waals surface area contributed by atoms with E-state index in [2.05, 4.69) is 86.6 Å². The molecule has 33 heavy (non-hydrogen) atoms. The molecule has 0 spiro atoms. The van der Waals surface area contributed by atoms with Crippen LogP contribution in [0.5, 0.6) is 0 Å². The minimum Gasteiger partial charge on any atom is -0.353 e. The summed E-state index contributed by atoms with van der Waals surface area (Å²) in [4.78, 5) is 21.9. The summed E-state index contributed by atoms with van der Waals surface area (Å²) in [6, 6.07) is 18.6. The molecule has 1 aliphatic rings. The highest BCUT2D eigenvalue weighted by atomic mass is 16.1. The number of fused-ring (bicyclic) bond motifs is 3. The van der Waals surface area contributed by atoms with E-state index in [1.165, 1.54) is 5.56 Å². The molecule has 4 aromatic rings. The molecule has 170 valence electrons. The number of pyridine rings is 1. The van der Waals surface area contributed by atoms with Crippen LogP contribution in [0.2, 0.25) is 0 Å². The summed E-state index contributed by atoms with van der Waals surface area (Å²) in [5.41, 5.74) is 5.65. The van der Waals surface area contributed by atoms with Crippen LogP contribution in [0.1, 0.15) is 56.6 Å². The van der Waals surface area contributed by atoms with Gasteiger partial charge in [0.25, 0.3) is 5.91 Å². The van der Waals surface area contributed by atoms with Gasteiger partial charge in [0, 0.05) is 40.7 Å². The monoisotopic (exact) mass is 441 g/mol. The number of benzene rings is 2. The molecule has 1 aliphatic heterocycles. The second-order valence-electron chi connectivity index (χ2n) is 11.0. The Hall–Kier alpha value is -3.18. The van der Waals surface area contributed by atoms with E-state index in [1.54, 1.807) is 0 Å². The van der Waals surface area contributed by atoms with Crippen molar-refractivity contribution in [2.75, 3.05) is 0 Å². The summed E-state index contributed by atoms with van der Waals surface area (Å²) in [7, 11) is 0. The number of aryl methyl sites for hydroxylation is 1. The van der Waals surface area contributed by atoms with E-state index < -0.39 is 0 Å². The summed E-state index contributed by atoms with van der Waals surface area (Å²) < 4.78 is 0. The highest BCUT2D eigenvalue weighted by molar-refractivity contribution is 6.13. The van der Waals surface area contributed by atoms with Gasteiger partial charge in [-0.2, -0.15) is 0 Å². The van der Waals surface area contributed by atoms with Crippen molar-refractivity contribution in [1.82, 2.24) is 15.3 Å². The standard InChI is InChI=1S/C28H32N4O/c1-17-10-12-18(13-11-17)24-25-21(20-8-6-7-9-22(20)30-25)14-23(31-24)26(33)29-19-15-27(2,3)32-28(4,5)16-19/h6-14,19,30,32H,15-16H2,1-5H3,(H,29,33)/p+1. The lowest BCUT2D eigenvalue weighted by molar-refractivity contribution is -0.787. The number of quaternary nitrogens is 1. The number of aromatic amines is 1. The van der Waals surface area contributed by atoms with Crippen molar-refractivity contribution in [3.63, 3.8) is 0 Å². The number of carbonyl (C=O) groups excluding carboxylic acids is 1. The fourth-order valence-corrected chi connectivity index (χ4v) is 5.76. The Morgan fingerprint density at radius 1 is 1.00 bits per heavy atom. The summed E-state index contributed by atoms with van der Waals surface area (Å²) in [5.74, 6) is -0.103. The summed E-state index contributed by atoms with van der Waals surface area (Å²) >= 11 is 0. The zero-order valence-corrected chi connectivity index (χ0v) is 20.1. The van der Waals surface area contributed by atoms with Crippen molar-refractivity contribution in [3.05, 3.63) is 65.9 Å². The van der Waals surface area contributed by atoms with Gasteiger partial charge < -0.3 is 15.6 Å². The van der Waals surface area contributed by atoms with Crippen LogP contribution in [0.3, 0.4) is 0 Å². The molecule has 0 atom stereocenters. The zero-order valence-electron chi connectivity index (χ0n) is 20.1. The largest absolute Gasteiger partial charge is 0.353 e. The molecule has 4 N–H and O–H groups in total. The van der Waals surface area contributed by atoms with Crippen molar-refractivity contribution in [3.8, 4) is 11.3 Å². The molecule has 5 rings (SSSR count). The van der Waals surface area contributed by atoms with Gasteiger partial charge in [0.15, 0.2) is 0 Å². The predicted molar refractivity (Wildman–Crippen MR) is 134 cm³/mol. The number of hydrogen-bond donors (Lipinski definition) is 3. The van der Waals surface area contributed by atoms with Gasteiger partial charge in [-0.3, -0.25) is 4.79 Å². The number of carbonyl (C=O) groups is 1. The molecular weight excluding hydrogens is 408 g/mol. The fraction of sp³-hybridized carbons (Fsp3) is 0.357. The molecule has 0 bridgehead atoms.